The maximum atomic E-state index is 12.2. The molecule has 0 fully saturated rings. The molecule has 1 amide bonds. The van der Waals surface area contributed by atoms with Crippen LogP contribution in [0, 0.1) is 0 Å². The van der Waals surface area contributed by atoms with Crippen LogP contribution in [-0.2, 0) is 11.3 Å². The molecule has 3 rings (SSSR count). The molecule has 0 radical (unpaired) electrons. The topological polar surface area (TPSA) is 58.2 Å². The van der Waals surface area contributed by atoms with Crippen molar-refractivity contribution in [2.24, 2.45) is 0 Å². The molecule has 0 saturated heterocycles. The first-order valence-corrected chi connectivity index (χ1v) is 8.05. The molecule has 0 unspecified atom stereocenters. The van der Waals surface area contributed by atoms with Crippen LogP contribution in [0.3, 0.4) is 0 Å². The quantitative estimate of drug-likeness (QED) is 0.884. The van der Waals surface area contributed by atoms with Gasteiger partial charge in [0.25, 0.3) is 5.91 Å². The Bertz CT molecular complexity index is 777. The van der Waals surface area contributed by atoms with E-state index in [0.29, 0.717) is 18.5 Å². The third kappa shape index (κ3) is 3.71. The molecule has 1 aliphatic carbocycles. The first-order chi connectivity index (χ1) is 11.6. The number of benzene rings is 2. The largest absolute Gasteiger partial charge is 0.359 e. The lowest BCUT2D eigenvalue weighted by Crippen LogP contribution is -2.22. The Morgan fingerprint density at radius 1 is 1.00 bits per heavy atom. The summed E-state index contributed by atoms with van der Waals surface area (Å²) in [5, 5.41) is 6.18. The lowest BCUT2D eigenvalue weighted by Gasteiger charge is -2.09. The number of carbonyl (C=O) groups is 2. The van der Waals surface area contributed by atoms with Gasteiger partial charge in [0.05, 0.1) is 0 Å². The van der Waals surface area contributed by atoms with E-state index in [1.807, 2.05) is 49.4 Å². The first-order valence-electron chi connectivity index (χ1n) is 8.05. The van der Waals surface area contributed by atoms with Crippen LogP contribution in [0.4, 0.5) is 5.69 Å². The van der Waals surface area contributed by atoms with Crippen molar-refractivity contribution in [1.82, 2.24) is 5.32 Å². The van der Waals surface area contributed by atoms with Crippen LogP contribution >= 0.6 is 0 Å². The van der Waals surface area contributed by atoms with Crippen molar-refractivity contribution in [3.63, 3.8) is 0 Å². The van der Waals surface area contributed by atoms with Gasteiger partial charge in [0.2, 0.25) is 0 Å². The number of rotatable bonds is 5. The summed E-state index contributed by atoms with van der Waals surface area (Å²) in [5.74, 6) is 0.103. The average molecular weight is 320 g/mol. The summed E-state index contributed by atoms with van der Waals surface area (Å²) < 4.78 is 0. The van der Waals surface area contributed by atoms with Crippen LogP contribution in [0.25, 0.3) is 0 Å². The number of carbonyl (C=O) groups excluding carboxylic acids is 2. The third-order valence-corrected chi connectivity index (χ3v) is 4.21. The van der Waals surface area contributed by atoms with E-state index < -0.39 is 0 Å². The number of anilines is 1. The minimum Gasteiger partial charge on any atom is -0.359 e. The van der Waals surface area contributed by atoms with E-state index in [0.717, 1.165) is 28.9 Å². The van der Waals surface area contributed by atoms with Crippen molar-refractivity contribution in [1.29, 1.82) is 0 Å². The van der Waals surface area contributed by atoms with E-state index in [1.165, 1.54) is 0 Å². The summed E-state index contributed by atoms with van der Waals surface area (Å²) in [4.78, 5) is 23.7. The summed E-state index contributed by atoms with van der Waals surface area (Å²) in [6.07, 6.45) is 1.33. The van der Waals surface area contributed by atoms with Crippen molar-refractivity contribution >= 4 is 17.4 Å². The molecular formula is C20H20N2O2. The van der Waals surface area contributed by atoms with E-state index in [4.69, 9.17) is 0 Å². The molecular weight excluding hydrogens is 300 g/mol. The van der Waals surface area contributed by atoms with Crippen LogP contribution in [0.15, 0.2) is 65.9 Å². The van der Waals surface area contributed by atoms with Gasteiger partial charge in [-0.05, 0) is 43.2 Å². The van der Waals surface area contributed by atoms with Crippen LogP contribution in [-0.4, -0.2) is 11.7 Å². The van der Waals surface area contributed by atoms with Gasteiger partial charge in [-0.25, -0.2) is 0 Å². The van der Waals surface area contributed by atoms with Crippen molar-refractivity contribution in [2.45, 2.75) is 26.3 Å². The zero-order valence-corrected chi connectivity index (χ0v) is 13.6. The Morgan fingerprint density at radius 3 is 2.33 bits per heavy atom. The highest BCUT2D eigenvalue weighted by molar-refractivity contribution is 5.99. The van der Waals surface area contributed by atoms with Crippen molar-refractivity contribution < 1.29 is 9.59 Å². The fourth-order valence-corrected chi connectivity index (χ4v) is 2.70. The van der Waals surface area contributed by atoms with Gasteiger partial charge in [-0.3, -0.25) is 9.59 Å². The predicted molar refractivity (Wildman–Crippen MR) is 94.6 cm³/mol. The van der Waals surface area contributed by atoms with Gasteiger partial charge in [-0.2, -0.15) is 0 Å². The Labute approximate surface area is 141 Å². The molecule has 2 aromatic rings. The van der Waals surface area contributed by atoms with Gasteiger partial charge in [-0.1, -0.05) is 30.3 Å². The Kier molecular flexibility index (Phi) is 4.75. The normalized spacial score (nSPS) is 14.0. The van der Waals surface area contributed by atoms with Crippen LogP contribution < -0.4 is 10.6 Å². The van der Waals surface area contributed by atoms with Crippen molar-refractivity contribution in [3.05, 3.63) is 77.0 Å². The van der Waals surface area contributed by atoms with Gasteiger partial charge in [-0.15, -0.1) is 0 Å². The van der Waals surface area contributed by atoms with E-state index >= 15 is 0 Å². The molecule has 2 aromatic carbocycles. The maximum Gasteiger partial charge on any atom is 0.251 e. The molecule has 4 heteroatoms. The monoisotopic (exact) mass is 320 g/mol. The highest BCUT2D eigenvalue weighted by Gasteiger charge is 2.19. The number of ketones is 1. The number of nitrogens with one attached hydrogen (secondary N) is 2. The third-order valence-electron chi connectivity index (χ3n) is 4.21. The van der Waals surface area contributed by atoms with E-state index in [1.54, 1.807) is 12.1 Å². The second kappa shape index (κ2) is 7.13. The summed E-state index contributed by atoms with van der Waals surface area (Å²) >= 11 is 0. The number of hydrogen-bond acceptors (Lipinski definition) is 3. The molecule has 0 aromatic heterocycles. The molecule has 0 spiro atoms. The van der Waals surface area contributed by atoms with Crippen LogP contribution in [0.5, 0.6) is 0 Å². The lowest BCUT2D eigenvalue weighted by atomic mass is 10.1. The maximum absolute atomic E-state index is 12.2. The van der Waals surface area contributed by atoms with E-state index in [9.17, 15) is 9.59 Å². The average Bonchev–Trinajstić information content (AvgIpc) is 2.93. The highest BCUT2D eigenvalue weighted by Crippen LogP contribution is 2.24. The number of allylic oxidation sites excluding steroid dienone is 2. The molecule has 1 aliphatic rings. The fraction of sp³-hybridized carbons (Fsp3) is 0.200. The SMILES string of the molecule is CC1=C(Nc2ccc(C(=O)NCc3ccccc3)cc2)CCC1=O. The number of amides is 1. The standard InChI is InChI=1S/C20H20N2O2/c1-14-18(11-12-19(14)23)22-17-9-7-16(8-10-17)20(24)21-13-15-5-3-2-4-6-15/h2-10,22H,11-13H2,1H3,(H,21,24). The molecule has 24 heavy (non-hydrogen) atoms. The Hall–Kier alpha value is -2.88. The molecule has 0 atom stereocenters. The number of hydrogen-bond donors (Lipinski definition) is 2. The van der Waals surface area contributed by atoms with Crippen LogP contribution in [0.2, 0.25) is 0 Å². The Balaban J connectivity index is 1.60. The van der Waals surface area contributed by atoms with E-state index in [2.05, 4.69) is 10.6 Å². The van der Waals surface area contributed by atoms with Gasteiger partial charge >= 0.3 is 0 Å². The molecule has 2 N–H and O–H groups in total. The second-order valence-corrected chi connectivity index (χ2v) is 5.90. The predicted octanol–water partition coefficient (Wildman–Crippen LogP) is 3.67. The smallest absolute Gasteiger partial charge is 0.251 e. The van der Waals surface area contributed by atoms with Crippen LogP contribution in [0.1, 0.15) is 35.7 Å². The number of Topliss-reactive ketones (excluding diaryl/α,β-unsaturated/α-hetero) is 1. The molecule has 122 valence electrons. The van der Waals surface area contributed by atoms with Gasteiger partial charge in [0.15, 0.2) is 5.78 Å². The first kappa shape index (κ1) is 16.0. The summed E-state index contributed by atoms with van der Waals surface area (Å²) in [5.41, 5.74) is 4.35. The molecule has 4 nitrogen and oxygen atoms in total. The minimum atomic E-state index is -0.100. The molecule has 0 heterocycles. The van der Waals surface area contributed by atoms with E-state index in [-0.39, 0.29) is 11.7 Å². The summed E-state index contributed by atoms with van der Waals surface area (Å²) in [6.45, 7) is 2.36. The minimum absolute atomic E-state index is 0.100. The molecule has 0 saturated carbocycles. The van der Waals surface area contributed by atoms with Crippen molar-refractivity contribution in [2.75, 3.05) is 5.32 Å². The molecule has 0 aliphatic heterocycles. The Morgan fingerprint density at radius 2 is 1.71 bits per heavy atom. The second-order valence-electron chi connectivity index (χ2n) is 5.90. The van der Waals surface area contributed by atoms with Gasteiger partial charge in [0, 0.05) is 35.5 Å². The zero-order chi connectivity index (χ0) is 16.9. The highest BCUT2D eigenvalue weighted by atomic mass is 16.1. The summed E-state index contributed by atoms with van der Waals surface area (Å²) in [7, 11) is 0. The van der Waals surface area contributed by atoms with Gasteiger partial charge < -0.3 is 10.6 Å². The van der Waals surface area contributed by atoms with Crippen molar-refractivity contribution in [3.8, 4) is 0 Å². The summed E-state index contributed by atoms with van der Waals surface area (Å²) in [6, 6.07) is 17.1. The zero-order valence-electron chi connectivity index (χ0n) is 13.6. The lowest BCUT2D eigenvalue weighted by molar-refractivity contribution is -0.114. The fourth-order valence-electron chi connectivity index (χ4n) is 2.70. The van der Waals surface area contributed by atoms with Gasteiger partial charge in [0.1, 0.15) is 0 Å². The molecule has 0 bridgehead atoms.